The summed E-state index contributed by atoms with van der Waals surface area (Å²) in [6.07, 6.45) is 9.19. The maximum Gasteiger partial charge on any atom is 0.234 e. The molecule has 1 fully saturated rings. The zero-order valence-corrected chi connectivity index (χ0v) is 11.6. The second kappa shape index (κ2) is 5.28. The van der Waals surface area contributed by atoms with E-state index in [4.69, 9.17) is 10.3 Å². The lowest BCUT2D eigenvalue weighted by Gasteiger charge is -2.35. The molecule has 0 aromatic carbocycles. The zero-order chi connectivity index (χ0) is 14.0. The molecule has 0 aliphatic heterocycles. The monoisotopic (exact) mass is 273 g/mol. The van der Waals surface area contributed by atoms with Crippen molar-refractivity contribution in [1.29, 1.82) is 0 Å². The standard InChI is InChI=1S/C14H19N5O/c1-10-2-4-14(9-15,5-3-10)13-18-12(19-20-13)11-8-16-6-7-17-11/h6-8,10H,2-5,9,15H2,1H3. The maximum absolute atomic E-state index is 6.01. The van der Waals surface area contributed by atoms with Crippen LogP contribution in [0.15, 0.2) is 23.1 Å². The van der Waals surface area contributed by atoms with Crippen molar-refractivity contribution < 1.29 is 4.52 Å². The summed E-state index contributed by atoms with van der Waals surface area (Å²) in [5.74, 6) is 1.88. The third kappa shape index (κ3) is 2.31. The van der Waals surface area contributed by atoms with Crippen molar-refractivity contribution in [2.45, 2.75) is 38.0 Å². The molecular weight excluding hydrogens is 254 g/mol. The Hall–Kier alpha value is -1.82. The molecule has 6 nitrogen and oxygen atoms in total. The van der Waals surface area contributed by atoms with E-state index in [1.807, 2.05) is 0 Å². The van der Waals surface area contributed by atoms with Crippen LogP contribution >= 0.6 is 0 Å². The van der Waals surface area contributed by atoms with Crippen LogP contribution in [0.2, 0.25) is 0 Å². The average Bonchev–Trinajstić information content (AvgIpc) is 3.00. The minimum absolute atomic E-state index is 0.167. The molecule has 0 atom stereocenters. The van der Waals surface area contributed by atoms with E-state index in [1.165, 1.54) is 0 Å². The van der Waals surface area contributed by atoms with Crippen molar-refractivity contribution in [2.24, 2.45) is 11.7 Å². The molecule has 1 saturated carbocycles. The first-order valence-corrected chi connectivity index (χ1v) is 7.04. The van der Waals surface area contributed by atoms with Crippen molar-refractivity contribution in [3.63, 3.8) is 0 Å². The van der Waals surface area contributed by atoms with E-state index in [1.54, 1.807) is 18.6 Å². The molecular formula is C14H19N5O. The first kappa shape index (κ1) is 13.2. The van der Waals surface area contributed by atoms with Gasteiger partial charge in [0.2, 0.25) is 11.7 Å². The minimum atomic E-state index is -0.167. The largest absolute Gasteiger partial charge is 0.338 e. The highest BCUT2D eigenvalue weighted by atomic mass is 16.5. The molecule has 1 aliphatic rings. The molecule has 1 aliphatic carbocycles. The molecule has 20 heavy (non-hydrogen) atoms. The Labute approximate surface area is 117 Å². The molecule has 0 radical (unpaired) electrons. The lowest BCUT2D eigenvalue weighted by molar-refractivity contribution is 0.191. The van der Waals surface area contributed by atoms with E-state index in [0.717, 1.165) is 31.6 Å². The van der Waals surface area contributed by atoms with Gasteiger partial charge in [0.05, 0.1) is 11.6 Å². The molecule has 0 amide bonds. The molecule has 2 heterocycles. The van der Waals surface area contributed by atoms with Gasteiger partial charge in [-0.25, -0.2) is 4.98 Å². The Bertz CT molecular complexity index is 560. The Balaban J connectivity index is 1.89. The molecule has 6 heteroatoms. The van der Waals surface area contributed by atoms with E-state index in [2.05, 4.69) is 27.0 Å². The predicted octanol–water partition coefficient (Wildman–Crippen LogP) is 1.93. The molecule has 0 saturated heterocycles. The van der Waals surface area contributed by atoms with E-state index in [9.17, 15) is 0 Å². The fraction of sp³-hybridized carbons (Fsp3) is 0.571. The van der Waals surface area contributed by atoms with Crippen LogP contribution in [0.1, 0.15) is 38.5 Å². The van der Waals surface area contributed by atoms with Gasteiger partial charge >= 0.3 is 0 Å². The number of nitrogens with two attached hydrogens (primary N) is 1. The second-order valence-electron chi connectivity index (χ2n) is 5.68. The number of aromatic nitrogens is 4. The van der Waals surface area contributed by atoms with Crippen LogP contribution in [-0.2, 0) is 5.41 Å². The lowest BCUT2D eigenvalue weighted by Crippen LogP contribution is -2.39. The Kier molecular flexibility index (Phi) is 3.48. The molecule has 2 aromatic heterocycles. The van der Waals surface area contributed by atoms with E-state index >= 15 is 0 Å². The van der Waals surface area contributed by atoms with Gasteiger partial charge in [-0.05, 0) is 31.6 Å². The smallest absolute Gasteiger partial charge is 0.234 e. The molecule has 0 unspecified atom stereocenters. The van der Waals surface area contributed by atoms with Crippen LogP contribution < -0.4 is 5.73 Å². The Morgan fingerprint density at radius 2 is 2.15 bits per heavy atom. The number of rotatable bonds is 3. The Morgan fingerprint density at radius 3 is 2.80 bits per heavy atom. The third-order valence-corrected chi connectivity index (χ3v) is 4.29. The van der Waals surface area contributed by atoms with Crippen LogP contribution in [0.3, 0.4) is 0 Å². The van der Waals surface area contributed by atoms with Gasteiger partial charge in [0, 0.05) is 18.9 Å². The molecule has 0 bridgehead atoms. The van der Waals surface area contributed by atoms with Crippen LogP contribution in [0, 0.1) is 5.92 Å². The van der Waals surface area contributed by atoms with Gasteiger partial charge in [0.1, 0.15) is 5.69 Å². The minimum Gasteiger partial charge on any atom is -0.338 e. The quantitative estimate of drug-likeness (QED) is 0.918. The van der Waals surface area contributed by atoms with Gasteiger partial charge in [-0.2, -0.15) is 4.98 Å². The molecule has 2 N–H and O–H groups in total. The topological polar surface area (TPSA) is 90.7 Å². The first-order valence-electron chi connectivity index (χ1n) is 7.04. The van der Waals surface area contributed by atoms with E-state index in [0.29, 0.717) is 24.0 Å². The summed E-state index contributed by atoms with van der Waals surface area (Å²) in [6, 6.07) is 0. The van der Waals surface area contributed by atoms with Gasteiger partial charge in [-0.1, -0.05) is 12.1 Å². The number of nitrogens with zero attached hydrogens (tertiary/aromatic N) is 4. The fourth-order valence-corrected chi connectivity index (χ4v) is 2.78. The first-order chi connectivity index (χ1) is 9.73. The summed E-state index contributed by atoms with van der Waals surface area (Å²) in [7, 11) is 0. The summed E-state index contributed by atoms with van der Waals surface area (Å²) < 4.78 is 5.48. The summed E-state index contributed by atoms with van der Waals surface area (Å²) >= 11 is 0. The van der Waals surface area contributed by atoms with Gasteiger partial charge in [0.15, 0.2) is 0 Å². The van der Waals surface area contributed by atoms with Crippen molar-refractivity contribution in [2.75, 3.05) is 6.54 Å². The normalized spacial score (nSPS) is 26.6. The predicted molar refractivity (Wildman–Crippen MR) is 73.7 cm³/mol. The van der Waals surface area contributed by atoms with Crippen LogP contribution in [0.5, 0.6) is 0 Å². The van der Waals surface area contributed by atoms with Gasteiger partial charge in [0.25, 0.3) is 0 Å². The highest BCUT2D eigenvalue weighted by molar-refractivity contribution is 5.45. The molecule has 2 aromatic rings. The summed E-state index contributed by atoms with van der Waals surface area (Å²) in [5.41, 5.74) is 6.47. The van der Waals surface area contributed by atoms with E-state index in [-0.39, 0.29) is 5.41 Å². The maximum atomic E-state index is 6.01. The van der Waals surface area contributed by atoms with E-state index < -0.39 is 0 Å². The second-order valence-corrected chi connectivity index (χ2v) is 5.68. The molecule has 106 valence electrons. The SMILES string of the molecule is CC1CCC(CN)(c2nc(-c3cnccn3)no2)CC1. The molecule has 3 rings (SSSR count). The summed E-state index contributed by atoms with van der Waals surface area (Å²) in [5, 5.41) is 4.03. The average molecular weight is 273 g/mol. The van der Waals surface area contributed by atoms with Gasteiger partial charge < -0.3 is 10.3 Å². The lowest BCUT2D eigenvalue weighted by atomic mass is 9.71. The van der Waals surface area contributed by atoms with Crippen molar-refractivity contribution >= 4 is 0 Å². The Morgan fingerprint density at radius 1 is 1.35 bits per heavy atom. The third-order valence-electron chi connectivity index (χ3n) is 4.29. The van der Waals surface area contributed by atoms with Crippen molar-refractivity contribution in [3.8, 4) is 11.5 Å². The van der Waals surface area contributed by atoms with Crippen LogP contribution in [0.4, 0.5) is 0 Å². The van der Waals surface area contributed by atoms with Crippen LogP contribution in [-0.4, -0.2) is 26.7 Å². The van der Waals surface area contributed by atoms with Crippen molar-refractivity contribution in [3.05, 3.63) is 24.5 Å². The number of hydrogen-bond donors (Lipinski definition) is 1. The summed E-state index contributed by atoms with van der Waals surface area (Å²) in [4.78, 5) is 12.7. The van der Waals surface area contributed by atoms with Gasteiger partial charge in [-0.3, -0.25) is 4.98 Å². The summed E-state index contributed by atoms with van der Waals surface area (Å²) in [6.45, 7) is 2.82. The van der Waals surface area contributed by atoms with Crippen LogP contribution in [0.25, 0.3) is 11.5 Å². The van der Waals surface area contributed by atoms with Crippen molar-refractivity contribution in [1.82, 2.24) is 20.1 Å². The number of hydrogen-bond acceptors (Lipinski definition) is 6. The van der Waals surface area contributed by atoms with Gasteiger partial charge in [-0.15, -0.1) is 0 Å². The zero-order valence-electron chi connectivity index (χ0n) is 11.6. The highest BCUT2D eigenvalue weighted by Crippen LogP contribution is 2.40. The fourth-order valence-electron chi connectivity index (χ4n) is 2.78. The molecule has 0 spiro atoms. The highest BCUT2D eigenvalue weighted by Gasteiger charge is 2.39.